The highest BCUT2D eigenvalue weighted by Gasteiger charge is 2.13. The first-order valence-electron chi connectivity index (χ1n) is 5.60. The van der Waals surface area contributed by atoms with Crippen molar-refractivity contribution in [1.82, 2.24) is 9.97 Å². The Kier molecular flexibility index (Phi) is 4.85. The fraction of sp³-hybridized carbons (Fsp3) is 0.154. The number of aryl methyl sites for hydroxylation is 1. The fourth-order valence-electron chi connectivity index (χ4n) is 1.50. The van der Waals surface area contributed by atoms with Crippen molar-refractivity contribution in [1.29, 1.82) is 0 Å². The molecule has 0 saturated heterocycles. The summed E-state index contributed by atoms with van der Waals surface area (Å²) in [5.74, 6) is -1.43. The second-order valence-corrected chi connectivity index (χ2v) is 3.93. The predicted molar refractivity (Wildman–Crippen MR) is 70.1 cm³/mol. The number of carboxylic acid groups (broad SMARTS) is 2. The first kappa shape index (κ1) is 15.2. The molecule has 2 rings (SSSR count). The molecular weight excluding hydrogens is 264 g/mol. The van der Waals surface area contributed by atoms with Crippen LogP contribution in [0.3, 0.4) is 0 Å². The first-order chi connectivity index (χ1) is 9.32. The minimum absolute atomic E-state index is 0.0277. The molecule has 0 spiro atoms. The number of aromatic hydroxyl groups is 1. The van der Waals surface area contributed by atoms with Crippen LogP contribution in [0.4, 0.5) is 0 Å². The van der Waals surface area contributed by atoms with E-state index >= 15 is 0 Å². The van der Waals surface area contributed by atoms with Crippen molar-refractivity contribution in [3.05, 3.63) is 46.9 Å². The molecule has 2 aromatic rings. The van der Waals surface area contributed by atoms with Crippen LogP contribution >= 0.6 is 0 Å². The maximum absolute atomic E-state index is 10.6. The molecule has 1 heterocycles. The van der Waals surface area contributed by atoms with Gasteiger partial charge in [0.2, 0.25) is 5.88 Å². The van der Waals surface area contributed by atoms with Gasteiger partial charge in [0.25, 0.3) is 0 Å². The van der Waals surface area contributed by atoms with Crippen molar-refractivity contribution < 1.29 is 24.9 Å². The molecule has 7 nitrogen and oxygen atoms in total. The standard InChI is InChI=1S/C9H8O4.C4H6N2O/c1-5-6(8(10)11)3-2-4-7(5)9(12)13;1-3-5-2-4(7)6-3/h2-4H,1H3,(H,10,11)(H,12,13);2,7H,1H3,(H,5,6). The van der Waals surface area contributed by atoms with E-state index in [4.69, 9.17) is 15.3 Å². The molecule has 20 heavy (non-hydrogen) atoms. The molecule has 7 heteroatoms. The smallest absolute Gasteiger partial charge is 0.335 e. The van der Waals surface area contributed by atoms with E-state index in [0.717, 1.165) is 5.82 Å². The number of hydrogen-bond acceptors (Lipinski definition) is 4. The van der Waals surface area contributed by atoms with Gasteiger partial charge in [-0.05, 0) is 31.5 Å². The monoisotopic (exact) mass is 278 g/mol. The van der Waals surface area contributed by atoms with Crippen LogP contribution in [0.5, 0.6) is 5.88 Å². The van der Waals surface area contributed by atoms with Gasteiger partial charge in [-0.3, -0.25) is 0 Å². The number of nitrogens with one attached hydrogen (secondary N) is 1. The van der Waals surface area contributed by atoms with Crippen LogP contribution in [0, 0.1) is 13.8 Å². The summed E-state index contributed by atoms with van der Waals surface area (Å²) < 4.78 is 0. The number of carboxylic acids is 2. The van der Waals surface area contributed by atoms with Crippen molar-refractivity contribution in [2.45, 2.75) is 13.8 Å². The first-order valence-corrected chi connectivity index (χ1v) is 5.60. The summed E-state index contributed by atoms with van der Waals surface area (Å²) in [4.78, 5) is 27.5. The molecule has 4 N–H and O–H groups in total. The van der Waals surface area contributed by atoms with Crippen molar-refractivity contribution in [2.75, 3.05) is 0 Å². The average Bonchev–Trinajstić information content (AvgIpc) is 2.73. The van der Waals surface area contributed by atoms with Crippen LogP contribution in [-0.2, 0) is 0 Å². The highest BCUT2D eigenvalue weighted by atomic mass is 16.4. The highest BCUT2D eigenvalue weighted by molar-refractivity contribution is 5.96. The van der Waals surface area contributed by atoms with Gasteiger partial charge in [0.05, 0.1) is 17.3 Å². The SMILES string of the molecule is Cc1c(C(=O)O)cccc1C(=O)O.Cc1nc(O)c[nH]1. The third-order valence-corrected chi connectivity index (χ3v) is 2.49. The van der Waals surface area contributed by atoms with E-state index in [0.29, 0.717) is 0 Å². The van der Waals surface area contributed by atoms with Crippen LogP contribution in [0.15, 0.2) is 24.4 Å². The second-order valence-electron chi connectivity index (χ2n) is 3.93. The van der Waals surface area contributed by atoms with Crippen molar-refractivity contribution >= 4 is 11.9 Å². The molecule has 0 unspecified atom stereocenters. The maximum atomic E-state index is 10.6. The molecule has 0 aliphatic carbocycles. The molecule has 106 valence electrons. The van der Waals surface area contributed by atoms with Gasteiger partial charge in [0, 0.05) is 0 Å². The molecule has 1 aromatic heterocycles. The minimum Gasteiger partial charge on any atom is -0.492 e. The quantitative estimate of drug-likeness (QED) is 0.664. The number of nitrogens with zero attached hydrogens (tertiary/aromatic N) is 1. The van der Waals surface area contributed by atoms with E-state index in [-0.39, 0.29) is 22.6 Å². The predicted octanol–water partition coefficient (Wildman–Crippen LogP) is 1.82. The maximum Gasteiger partial charge on any atom is 0.335 e. The van der Waals surface area contributed by atoms with Gasteiger partial charge < -0.3 is 20.3 Å². The third-order valence-electron chi connectivity index (χ3n) is 2.49. The number of rotatable bonds is 2. The lowest BCUT2D eigenvalue weighted by Gasteiger charge is -2.03. The Balaban J connectivity index is 0.000000240. The Hall–Kier alpha value is -2.83. The van der Waals surface area contributed by atoms with Crippen LogP contribution in [0.25, 0.3) is 0 Å². The molecule has 0 radical (unpaired) electrons. The Morgan fingerprint density at radius 2 is 1.60 bits per heavy atom. The van der Waals surface area contributed by atoms with E-state index in [9.17, 15) is 9.59 Å². The molecule has 0 aliphatic heterocycles. The molecule has 1 aromatic carbocycles. The lowest BCUT2D eigenvalue weighted by atomic mass is 10.0. The Morgan fingerprint density at radius 3 is 1.85 bits per heavy atom. The van der Waals surface area contributed by atoms with Crippen LogP contribution < -0.4 is 0 Å². The van der Waals surface area contributed by atoms with Crippen LogP contribution in [0.2, 0.25) is 0 Å². The van der Waals surface area contributed by atoms with Gasteiger partial charge in [0.15, 0.2) is 0 Å². The Labute approximate surface area is 114 Å². The normalized spacial score (nSPS) is 9.50. The summed E-state index contributed by atoms with van der Waals surface area (Å²) in [6, 6.07) is 4.17. The van der Waals surface area contributed by atoms with E-state index in [1.165, 1.54) is 31.3 Å². The number of benzene rings is 1. The number of hydrogen-bond donors (Lipinski definition) is 4. The number of imidazole rings is 1. The van der Waals surface area contributed by atoms with Gasteiger partial charge in [-0.25, -0.2) is 9.59 Å². The van der Waals surface area contributed by atoms with Crippen molar-refractivity contribution in [3.63, 3.8) is 0 Å². The van der Waals surface area contributed by atoms with Gasteiger partial charge in [-0.1, -0.05) is 6.07 Å². The summed E-state index contributed by atoms with van der Waals surface area (Å²) in [6.07, 6.45) is 1.44. The average molecular weight is 278 g/mol. The molecule has 0 fully saturated rings. The van der Waals surface area contributed by atoms with E-state index in [2.05, 4.69) is 9.97 Å². The second kappa shape index (κ2) is 6.37. The summed E-state index contributed by atoms with van der Waals surface area (Å²) in [7, 11) is 0. The fourth-order valence-corrected chi connectivity index (χ4v) is 1.50. The molecule has 0 saturated carbocycles. The largest absolute Gasteiger partial charge is 0.492 e. The number of aromatic carboxylic acids is 2. The molecule has 0 aliphatic rings. The Bertz CT molecular complexity index is 585. The lowest BCUT2D eigenvalue weighted by molar-refractivity contribution is 0.0696. The van der Waals surface area contributed by atoms with Crippen LogP contribution in [-0.4, -0.2) is 37.2 Å². The highest BCUT2D eigenvalue weighted by Crippen LogP contribution is 2.13. The van der Waals surface area contributed by atoms with Crippen molar-refractivity contribution in [2.24, 2.45) is 0 Å². The van der Waals surface area contributed by atoms with E-state index < -0.39 is 11.9 Å². The molecule has 0 bridgehead atoms. The van der Waals surface area contributed by atoms with E-state index in [1.807, 2.05) is 0 Å². The number of carbonyl (C=O) groups is 2. The molecule has 0 atom stereocenters. The number of aromatic nitrogens is 2. The zero-order valence-corrected chi connectivity index (χ0v) is 10.9. The summed E-state index contributed by atoms with van der Waals surface area (Å²) >= 11 is 0. The number of aromatic amines is 1. The molecule has 0 amide bonds. The lowest BCUT2D eigenvalue weighted by Crippen LogP contribution is -2.06. The van der Waals surface area contributed by atoms with Gasteiger partial charge in [-0.2, -0.15) is 4.98 Å². The minimum atomic E-state index is -1.11. The Morgan fingerprint density at radius 1 is 1.10 bits per heavy atom. The summed E-state index contributed by atoms with van der Waals surface area (Å²) in [5, 5.41) is 25.9. The van der Waals surface area contributed by atoms with Crippen molar-refractivity contribution in [3.8, 4) is 5.88 Å². The number of H-pyrrole nitrogens is 1. The topological polar surface area (TPSA) is 124 Å². The van der Waals surface area contributed by atoms with E-state index in [1.54, 1.807) is 6.92 Å². The van der Waals surface area contributed by atoms with Gasteiger partial charge in [0.1, 0.15) is 5.82 Å². The zero-order chi connectivity index (χ0) is 15.3. The zero-order valence-electron chi connectivity index (χ0n) is 10.9. The third kappa shape index (κ3) is 3.84. The van der Waals surface area contributed by atoms with Gasteiger partial charge in [-0.15, -0.1) is 0 Å². The summed E-state index contributed by atoms with van der Waals surface area (Å²) in [5.41, 5.74) is 0.335. The summed E-state index contributed by atoms with van der Waals surface area (Å²) in [6.45, 7) is 3.26. The molecular formula is C13H14N2O5. The van der Waals surface area contributed by atoms with Crippen LogP contribution in [0.1, 0.15) is 32.1 Å². The van der Waals surface area contributed by atoms with Gasteiger partial charge >= 0.3 is 11.9 Å².